The molecule has 112 valence electrons. The second kappa shape index (κ2) is 7.34. The van der Waals surface area contributed by atoms with Gasteiger partial charge in [0.1, 0.15) is 0 Å². The highest BCUT2D eigenvalue weighted by Crippen LogP contribution is 2.24. The van der Waals surface area contributed by atoms with Crippen molar-refractivity contribution in [2.24, 2.45) is 11.7 Å². The summed E-state index contributed by atoms with van der Waals surface area (Å²) in [5, 5.41) is 0. The van der Waals surface area contributed by atoms with Crippen molar-refractivity contribution >= 4 is 0 Å². The molecule has 2 rings (SSSR count). The Morgan fingerprint density at radius 1 is 1.10 bits per heavy atom. The van der Waals surface area contributed by atoms with Crippen LogP contribution in [0.4, 0.5) is 0 Å². The van der Waals surface area contributed by atoms with E-state index in [1.807, 2.05) is 30.5 Å². The lowest BCUT2D eigenvalue weighted by Gasteiger charge is -2.36. The van der Waals surface area contributed by atoms with Crippen LogP contribution in [0.15, 0.2) is 54.9 Å². The molecule has 0 aliphatic heterocycles. The molecule has 3 nitrogen and oxygen atoms in total. The van der Waals surface area contributed by atoms with E-state index in [1.54, 1.807) is 6.20 Å². The Labute approximate surface area is 127 Å². The molecule has 0 fully saturated rings. The van der Waals surface area contributed by atoms with Crippen LogP contribution in [0.2, 0.25) is 0 Å². The highest BCUT2D eigenvalue weighted by Gasteiger charge is 2.26. The Kier molecular flexibility index (Phi) is 5.48. The fraction of sp³-hybridized carbons (Fsp3) is 0.389. The van der Waals surface area contributed by atoms with Crippen LogP contribution < -0.4 is 5.73 Å². The number of benzene rings is 1. The SMILES string of the molecule is CC(C)C(C(N)c1ccccc1)N(C)Cc1cccnc1. The molecule has 2 unspecified atom stereocenters. The Balaban J connectivity index is 2.15. The number of nitrogens with zero attached hydrogens (tertiary/aromatic N) is 2. The van der Waals surface area contributed by atoms with E-state index in [0.29, 0.717) is 5.92 Å². The van der Waals surface area contributed by atoms with E-state index in [4.69, 9.17) is 5.73 Å². The molecule has 2 N–H and O–H groups in total. The third kappa shape index (κ3) is 4.13. The quantitative estimate of drug-likeness (QED) is 0.885. The Morgan fingerprint density at radius 3 is 2.38 bits per heavy atom. The maximum absolute atomic E-state index is 6.54. The van der Waals surface area contributed by atoms with Gasteiger partial charge in [-0.2, -0.15) is 0 Å². The average molecular weight is 283 g/mol. The number of hydrogen-bond donors (Lipinski definition) is 1. The first-order valence-electron chi connectivity index (χ1n) is 7.49. The van der Waals surface area contributed by atoms with Crippen LogP contribution in [0.25, 0.3) is 0 Å². The summed E-state index contributed by atoms with van der Waals surface area (Å²) in [5.74, 6) is 0.474. The zero-order valence-electron chi connectivity index (χ0n) is 13.1. The second-order valence-electron chi connectivity index (χ2n) is 5.95. The maximum Gasteiger partial charge on any atom is 0.0455 e. The van der Waals surface area contributed by atoms with E-state index < -0.39 is 0 Å². The molecule has 2 aromatic rings. The van der Waals surface area contributed by atoms with Crippen LogP contribution in [-0.4, -0.2) is 23.0 Å². The van der Waals surface area contributed by atoms with E-state index in [9.17, 15) is 0 Å². The van der Waals surface area contributed by atoms with Crippen LogP contribution in [0.3, 0.4) is 0 Å². The van der Waals surface area contributed by atoms with Crippen LogP contribution in [0.1, 0.15) is 31.0 Å². The van der Waals surface area contributed by atoms with Gasteiger partial charge in [-0.1, -0.05) is 50.2 Å². The highest BCUT2D eigenvalue weighted by molar-refractivity contribution is 5.20. The van der Waals surface area contributed by atoms with Crippen molar-refractivity contribution in [1.82, 2.24) is 9.88 Å². The zero-order chi connectivity index (χ0) is 15.2. The third-order valence-corrected chi connectivity index (χ3v) is 3.90. The number of likely N-dealkylation sites (N-methyl/N-ethyl adjacent to an activating group) is 1. The van der Waals surface area contributed by atoms with Gasteiger partial charge in [0.05, 0.1) is 0 Å². The molecule has 0 bridgehead atoms. The first-order chi connectivity index (χ1) is 10.1. The molecule has 0 amide bonds. The maximum atomic E-state index is 6.54. The van der Waals surface area contributed by atoms with Crippen molar-refractivity contribution in [1.29, 1.82) is 0 Å². The molecule has 0 saturated heterocycles. The van der Waals surface area contributed by atoms with Crippen molar-refractivity contribution in [2.45, 2.75) is 32.5 Å². The van der Waals surface area contributed by atoms with Crippen LogP contribution in [0.5, 0.6) is 0 Å². The number of hydrogen-bond acceptors (Lipinski definition) is 3. The average Bonchev–Trinajstić information content (AvgIpc) is 2.49. The fourth-order valence-electron chi connectivity index (χ4n) is 2.96. The molecule has 0 saturated carbocycles. The minimum Gasteiger partial charge on any atom is -0.323 e. The molecule has 2 atom stereocenters. The van der Waals surface area contributed by atoms with E-state index in [-0.39, 0.29) is 12.1 Å². The van der Waals surface area contributed by atoms with Gasteiger partial charge in [0, 0.05) is 31.0 Å². The van der Waals surface area contributed by atoms with Crippen LogP contribution >= 0.6 is 0 Å². The van der Waals surface area contributed by atoms with Crippen LogP contribution in [0, 0.1) is 5.92 Å². The van der Waals surface area contributed by atoms with E-state index in [1.165, 1.54) is 11.1 Å². The number of nitrogens with two attached hydrogens (primary N) is 1. The van der Waals surface area contributed by atoms with Crippen LogP contribution in [-0.2, 0) is 6.54 Å². The van der Waals surface area contributed by atoms with Gasteiger partial charge in [-0.05, 0) is 30.2 Å². The zero-order valence-corrected chi connectivity index (χ0v) is 13.1. The summed E-state index contributed by atoms with van der Waals surface area (Å²) < 4.78 is 0. The van der Waals surface area contributed by atoms with Gasteiger partial charge >= 0.3 is 0 Å². The molecule has 0 spiro atoms. The smallest absolute Gasteiger partial charge is 0.0455 e. The van der Waals surface area contributed by atoms with Crippen molar-refractivity contribution in [3.8, 4) is 0 Å². The standard InChI is InChI=1S/C18H25N3/c1-14(2)18(17(19)16-9-5-4-6-10-16)21(3)13-15-8-7-11-20-12-15/h4-12,14,17-18H,13,19H2,1-3H3. The fourth-order valence-corrected chi connectivity index (χ4v) is 2.96. The molecule has 1 aromatic heterocycles. The first-order valence-corrected chi connectivity index (χ1v) is 7.49. The van der Waals surface area contributed by atoms with Gasteiger partial charge in [-0.3, -0.25) is 9.88 Å². The van der Waals surface area contributed by atoms with Crippen molar-refractivity contribution < 1.29 is 0 Å². The normalized spacial score (nSPS) is 14.4. The highest BCUT2D eigenvalue weighted by atomic mass is 15.1. The summed E-state index contributed by atoms with van der Waals surface area (Å²) >= 11 is 0. The molecular weight excluding hydrogens is 258 g/mol. The predicted molar refractivity (Wildman–Crippen MR) is 87.7 cm³/mol. The van der Waals surface area contributed by atoms with Gasteiger partial charge in [-0.25, -0.2) is 0 Å². The lowest BCUT2D eigenvalue weighted by molar-refractivity contribution is 0.155. The minimum absolute atomic E-state index is 0.00729. The summed E-state index contributed by atoms with van der Waals surface area (Å²) in [5.41, 5.74) is 8.94. The first kappa shape index (κ1) is 15.7. The van der Waals surface area contributed by atoms with Gasteiger partial charge in [0.2, 0.25) is 0 Å². The summed E-state index contributed by atoms with van der Waals surface area (Å²) in [7, 11) is 2.14. The summed E-state index contributed by atoms with van der Waals surface area (Å²) in [4.78, 5) is 6.52. The second-order valence-corrected chi connectivity index (χ2v) is 5.95. The summed E-state index contributed by atoms with van der Waals surface area (Å²) in [6.45, 7) is 5.32. The Hall–Kier alpha value is -1.71. The van der Waals surface area contributed by atoms with Gasteiger partial charge in [0.25, 0.3) is 0 Å². The predicted octanol–water partition coefficient (Wildman–Crippen LogP) is 3.24. The lowest BCUT2D eigenvalue weighted by atomic mass is 9.90. The van der Waals surface area contributed by atoms with Gasteiger partial charge in [-0.15, -0.1) is 0 Å². The topological polar surface area (TPSA) is 42.1 Å². The molecule has 1 heterocycles. The monoisotopic (exact) mass is 283 g/mol. The van der Waals surface area contributed by atoms with E-state index in [2.05, 4.69) is 49.0 Å². The van der Waals surface area contributed by atoms with Crippen molar-refractivity contribution in [2.75, 3.05) is 7.05 Å². The molecule has 0 aliphatic rings. The number of pyridine rings is 1. The molecule has 21 heavy (non-hydrogen) atoms. The van der Waals surface area contributed by atoms with E-state index in [0.717, 1.165) is 6.54 Å². The third-order valence-electron chi connectivity index (χ3n) is 3.90. The summed E-state index contributed by atoms with van der Waals surface area (Å²) in [6, 6.07) is 14.7. The van der Waals surface area contributed by atoms with Gasteiger partial charge < -0.3 is 5.73 Å². The lowest BCUT2D eigenvalue weighted by Crippen LogP contribution is -2.43. The molecule has 3 heteroatoms. The molecule has 1 aromatic carbocycles. The molecule has 0 radical (unpaired) electrons. The van der Waals surface area contributed by atoms with Gasteiger partial charge in [0.15, 0.2) is 0 Å². The Morgan fingerprint density at radius 2 is 1.81 bits per heavy atom. The minimum atomic E-state index is 0.00729. The summed E-state index contributed by atoms with van der Waals surface area (Å²) in [6.07, 6.45) is 3.72. The number of aromatic nitrogens is 1. The number of rotatable bonds is 6. The largest absolute Gasteiger partial charge is 0.323 e. The molecular formula is C18H25N3. The van der Waals surface area contributed by atoms with Crippen molar-refractivity contribution in [3.05, 3.63) is 66.0 Å². The molecule has 0 aliphatic carbocycles. The Bertz CT molecular complexity index is 525. The van der Waals surface area contributed by atoms with Crippen molar-refractivity contribution in [3.63, 3.8) is 0 Å². The van der Waals surface area contributed by atoms with E-state index >= 15 is 0 Å².